The SMILES string of the molecule is Cc1ccc(Cn2nc3n(C)c(=O)c4ccc(C(=O)NCC(C)C)cc4n3c2=O)cc1. The van der Waals surface area contributed by atoms with Crippen LogP contribution >= 0.6 is 0 Å². The molecule has 8 nitrogen and oxygen atoms in total. The minimum absolute atomic E-state index is 0.231. The number of amides is 1. The van der Waals surface area contributed by atoms with E-state index in [-0.39, 0.29) is 29.5 Å². The Morgan fingerprint density at radius 2 is 1.81 bits per heavy atom. The molecule has 0 fully saturated rings. The predicted octanol–water partition coefficient (Wildman–Crippen LogP) is 2.09. The average molecular weight is 419 g/mol. The third kappa shape index (κ3) is 3.76. The average Bonchev–Trinajstić information content (AvgIpc) is 3.07. The molecular formula is C23H25N5O3. The van der Waals surface area contributed by atoms with Crippen LogP contribution in [0, 0.1) is 12.8 Å². The van der Waals surface area contributed by atoms with Crippen molar-refractivity contribution < 1.29 is 4.79 Å². The van der Waals surface area contributed by atoms with Gasteiger partial charge in [0.2, 0.25) is 5.78 Å². The van der Waals surface area contributed by atoms with Crippen molar-refractivity contribution in [2.24, 2.45) is 13.0 Å². The Morgan fingerprint density at radius 3 is 2.48 bits per heavy atom. The second kappa shape index (κ2) is 7.86. The number of benzene rings is 2. The number of carbonyl (C=O) groups excluding carboxylic acids is 1. The van der Waals surface area contributed by atoms with Gasteiger partial charge in [-0.05, 0) is 36.6 Å². The lowest BCUT2D eigenvalue weighted by atomic mass is 10.1. The third-order valence-corrected chi connectivity index (χ3v) is 5.28. The van der Waals surface area contributed by atoms with Crippen LogP contribution in [0.2, 0.25) is 0 Å². The molecule has 2 heterocycles. The van der Waals surface area contributed by atoms with E-state index in [1.807, 2.05) is 45.0 Å². The maximum atomic E-state index is 13.2. The fourth-order valence-electron chi connectivity index (χ4n) is 3.50. The van der Waals surface area contributed by atoms with Crippen molar-refractivity contribution in [1.82, 2.24) is 24.1 Å². The first kappa shape index (κ1) is 20.6. The number of hydrogen-bond acceptors (Lipinski definition) is 4. The van der Waals surface area contributed by atoms with E-state index in [9.17, 15) is 14.4 Å². The fraction of sp³-hybridized carbons (Fsp3) is 0.304. The van der Waals surface area contributed by atoms with Crippen LogP contribution in [-0.4, -0.2) is 31.2 Å². The molecule has 2 aromatic heterocycles. The molecule has 31 heavy (non-hydrogen) atoms. The van der Waals surface area contributed by atoms with Crippen molar-refractivity contribution in [3.05, 3.63) is 80.0 Å². The third-order valence-electron chi connectivity index (χ3n) is 5.28. The number of nitrogens with one attached hydrogen (secondary N) is 1. The van der Waals surface area contributed by atoms with Gasteiger partial charge in [0.25, 0.3) is 11.5 Å². The van der Waals surface area contributed by atoms with Crippen LogP contribution < -0.4 is 16.6 Å². The van der Waals surface area contributed by atoms with Gasteiger partial charge in [0.05, 0.1) is 17.4 Å². The second-order valence-corrected chi connectivity index (χ2v) is 8.26. The van der Waals surface area contributed by atoms with Gasteiger partial charge in [-0.15, -0.1) is 5.10 Å². The number of rotatable bonds is 5. The summed E-state index contributed by atoms with van der Waals surface area (Å²) in [6.45, 7) is 6.84. The topological polar surface area (TPSA) is 90.4 Å². The van der Waals surface area contributed by atoms with Gasteiger partial charge >= 0.3 is 5.69 Å². The Hall–Kier alpha value is -3.68. The van der Waals surface area contributed by atoms with Crippen LogP contribution in [-0.2, 0) is 13.6 Å². The van der Waals surface area contributed by atoms with E-state index in [1.54, 1.807) is 25.2 Å². The molecule has 0 radical (unpaired) electrons. The van der Waals surface area contributed by atoms with E-state index in [0.29, 0.717) is 28.9 Å². The summed E-state index contributed by atoms with van der Waals surface area (Å²) in [7, 11) is 1.59. The highest BCUT2D eigenvalue weighted by Gasteiger charge is 2.17. The molecule has 2 aromatic carbocycles. The van der Waals surface area contributed by atoms with Gasteiger partial charge in [-0.25, -0.2) is 13.9 Å². The van der Waals surface area contributed by atoms with E-state index in [4.69, 9.17) is 0 Å². The molecule has 0 saturated carbocycles. The summed E-state index contributed by atoms with van der Waals surface area (Å²) in [5, 5.41) is 7.62. The Morgan fingerprint density at radius 1 is 1.10 bits per heavy atom. The molecule has 0 saturated heterocycles. The normalized spacial score (nSPS) is 11.5. The van der Waals surface area contributed by atoms with Crippen molar-refractivity contribution in [3.63, 3.8) is 0 Å². The lowest BCUT2D eigenvalue weighted by Gasteiger charge is -2.09. The Labute approximate surface area is 178 Å². The van der Waals surface area contributed by atoms with Gasteiger partial charge in [0.15, 0.2) is 0 Å². The van der Waals surface area contributed by atoms with Crippen LogP contribution in [0.4, 0.5) is 0 Å². The second-order valence-electron chi connectivity index (χ2n) is 8.26. The Kier molecular flexibility index (Phi) is 5.22. The van der Waals surface area contributed by atoms with Crippen molar-refractivity contribution in [3.8, 4) is 0 Å². The molecule has 0 bridgehead atoms. The zero-order chi connectivity index (χ0) is 22.3. The summed E-state index contributed by atoms with van der Waals surface area (Å²) in [6, 6.07) is 12.6. The summed E-state index contributed by atoms with van der Waals surface area (Å²) in [5.41, 5.74) is 2.18. The minimum Gasteiger partial charge on any atom is -0.352 e. The molecule has 1 N–H and O–H groups in total. The van der Waals surface area contributed by atoms with Crippen LogP contribution in [0.3, 0.4) is 0 Å². The first-order valence-electron chi connectivity index (χ1n) is 10.2. The summed E-state index contributed by atoms with van der Waals surface area (Å²) in [4.78, 5) is 38.6. The van der Waals surface area contributed by atoms with Gasteiger partial charge in [-0.1, -0.05) is 43.7 Å². The van der Waals surface area contributed by atoms with E-state index in [0.717, 1.165) is 11.1 Å². The maximum absolute atomic E-state index is 13.2. The molecule has 0 aliphatic carbocycles. The van der Waals surface area contributed by atoms with Crippen molar-refractivity contribution in [1.29, 1.82) is 0 Å². The van der Waals surface area contributed by atoms with E-state index < -0.39 is 0 Å². The van der Waals surface area contributed by atoms with Gasteiger partial charge < -0.3 is 5.32 Å². The molecule has 4 rings (SSSR count). The summed E-state index contributed by atoms with van der Waals surface area (Å²) >= 11 is 0. The molecule has 0 spiro atoms. The van der Waals surface area contributed by atoms with Gasteiger partial charge in [-0.2, -0.15) is 0 Å². The standard InChI is InChI=1S/C23H25N5O3/c1-14(2)12-24-20(29)17-9-10-18-19(11-17)28-22(26(4)21(18)30)25-27(23(28)31)13-16-7-5-15(3)6-8-16/h5-11,14H,12-13H2,1-4H3,(H,24,29). The highest BCUT2D eigenvalue weighted by molar-refractivity contribution is 5.98. The van der Waals surface area contributed by atoms with E-state index in [1.165, 1.54) is 13.6 Å². The van der Waals surface area contributed by atoms with Gasteiger partial charge in [0, 0.05) is 19.2 Å². The first-order valence-corrected chi connectivity index (χ1v) is 10.2. The Balaban J connectivity index is 1.87. The van der Waals surface area contributed by atoms with Crippen LogP contribution in [0.15, 0.2) is 52.1 Å². The fourth-order valence-corrected chi connectivity index (χ4v) is 3.50. The van der Waals surface area contributed by atoms with E-state index in [2.05, 4.69) is 10.4 Å². The molecule has 160 valence electrons. The van der Waals surface area contributed by atoms with Crippen molar-refractivity contribution in [2.45, 2.75) is 27.3 Å². The number of aryl methyl sites for hydroxylation is 2. The largest absolute Gasteiger partial charge is 0.352 e. The zero-order valence-corrected chi connectivity index (χ0v) is 18.0. The quantitative estimate of drug-likeness (QED) is 0.536. The smallest absolute Gasteiger partial charge is 0.352 e. The van der Waals surface area contributed by atoms with Crippen molar-refractivity contribution in [2.75, 3.05) is 6.54 Å². The summed E-state index contributed by atoms with van der Waals surface area (Å²) in [5.74, 6) is 0.296. The molecule has 0 aliphatic heterocycles. The van der Waals surface area contributed by atoms with Crippen LogP contribution in [0.1, 0.15) is 35.3 Å². The number of nitrogens with zero attached hydrogens (tertiary/aromatic N) is 4. The minimum atomic E-state index is -0.365. The summed E-state index contributed by atoms with van der Waals surface area (Å²) < 4.78 is 4.09. The highest BCUT2D eigenvalue weighted by Crippen LogP contribution is 2.14. The number of hydrogen-bond donors (Lipinski definition) is 1. The highest BCUT2D eigenvalue weighted by atomic mass is 16.2. The van der Waals surface area contributed by atoms with Gasteiger partial charge in [0.1, 0.15) is 0 Å². The lowest BCUT2D eigenvalue weighted by molar-refractivity contribution is 0.0949. The number of fused-ring (bicyclic) bond motifs is 3. The molecule has 0 aliphatic rings. The Bertz CT molecular complexity index is 1410. The number of aromatic nitrogens is 4. The molecular weight excluding hydrogens is 394 g/mol. The van der Waals surface area contributed by atoms with Gasteiger partial charge in [-0.3, -0.25) is 14.2 Å². The molecule has 0 atom stereocenters. The molecule has 8 heteroatoms. The zero-order valence-electron chi connectivity index (χ0n) is 18.0. The monoisotopic (exact) mass is 419 g/mol. The van der Waals surface area contributed by atoms with Crippen molar-refractivity contribution >= 4 is 22.6 Å². The molecule has 1 amide bonds. The van der Waals surface area contributed by atoms with Crippen LogP contribution in [0.25, 0.3) is 16.7 Å². The predicted molar refractivity (Wildman–Crippen MR) is 120 cm³/mol. The van der Waals surface area contributed by atoms with Crippen LogP contribution in [0.5, 0.6) is 0 Å². The summed E-state index contributed by atoms with van der Waals surface area (Å²) in [6.07, 6.45) is 0. The molecule has 0 unspecified atom stereocenters. The number of carbonyl (C=O) groups is 1. The molecule has 4 aromatic rings. The lowest BCUT2D eigenvalue weighted by Crippen LogP contribution is -2.28. The first-order chi connectivity index (χ1) is 14.8. The maximum Gasteiger partial charge on any atom is 0.352 e. The van der Waals surface area contributed by atoms with E-state index >= 15 is 0 Å².